The Bertz CT molecular complexity index is 636. The van der Waals surface area contributed by atoms with Crippen LogP contribution in [0.1, 0.15) is 44.1 Å². The molecule has 0 saturated heterocycles. The second kappa shape index (κ2) is 4.57. The van der Waals surface area contributed by atoms with Crippen LogP contribution in [-0.4, -0.2) is 5.54 Å². The molecule has 1 heterocycles. The highest BCUT2D eigenvalue weighted by molar-refractivity contribution is 7.17. The number of hydrogen-bond donors (Lipinski definition) is 1. The molecule has 1 aromatic carbocycles. The zero-order chi connectivity index (χ0) is 13.9. The molecule has 110 valence electrons. The highest BCUT2D eigenvalue weighted by Crippen LogP contribution is 2.55. The zero-order valence-electron chi connectivity index (χ0n) is 12.5. The van der Waals surface area contributed by atoms with Gasteiger partial charge in [0.05, 0.1) is 0 Å². The third kappa shape index (κ3) is 2.15. The minimum atomic E-state index is 0.484. The summed E-state index contributed by atoms with van der Waals surface area (Å²) in [6, 6.07) is 9.22. The van der Waals surface area contributed by atoms with Gasteiger partial charge in [0.2, 0.25) is 0 Å². The maximum Gasteiger partial charge on any atom is 0.0342 e. The van der Waals surface area contributed by atoms with Crippen molar-refractivity contribution in [2.45, 2.75) is 50.6 Å². The Morgan fingerprint density at radius 3 is 2.43 bits per heavy atom. The van der Waals surface area contributed by atoms with E-state index in [1.807, 2.05) is 11.3 Å². The van der Waals surface area contributed by atoms with E-state index in [-0.39, 0.29) is 0 Å². The molecule has 2 heteroatoms. The van der Waals surface area contributed by atoms with Crippen molar-refractivity contribution in [3.05, 3.63) is 35.2 Å². The molecule has 0 unspecified atom stereocenters. The minimum absolute atomic E-state index is 0.484. The largest absolute Gasteiger partial charge is 0.307 e. The molecule has 0 aliphatic heterocycles. The molecule has 4 bridgehead atoms. The van der Waals surface area contributed by atoms with Gasteiger partial charge in [-0.2, -0.15) is 0 Å². The lowest BCUT2D eigenvalue weighted by Gasteiger charge is -2.57. The average Bonchev–Trinajstić information content (AvgIpc) is 2.91. The van der Waals surface area contributed by atoms with E-state index in [1.165, 1.54) is 54.2 Å². The molecular weight excluding hydrogens is 274 g/mol. The number of nitrogens with one attached hydrogen (secondary N) is 1. The van der Waals surface area contributed by atoms with Gasteiger partial charge in [-0.3, -0.25) is 0 Å². The maximum absolute atomic E-state index is 4.00. The van der Waals surface area contributed by atoms with Crippen molar-refractivity contribution in [2.75, 3.05) is 0 Å². The molecular formula is C19H23NS. The van der Waals surface area contributed by atoms with E-state index in [9.17, 15) is 0 Å². The van der Waals surface area contributed by atoms with Crippen LogP contribution >= 0.6 is 11.3 Å². The summed E-state index contributed by atoms with van der Waals surface area (Å²) in [4.78, 5) is 0. The number of fused-ring (bicyclic) bond motifs is 1. The number of hydrogen-bond acceptors (Lipinski definition) is 2. The first kappa shape index (κ1) is 12.7. The van der Waals surface area contributed by atoms with Crippen LogP contribution in [0.15, 0.2) is 29.6 Å². The molecule has 4 aliphatic carbocycles. The van der Waals surface area contributed by atoms with Gasteiger partial charge in [-0.25, -0.2) is 0 Å². The van der Waals surface area contributed by atoms with E-state index in [0.29, 0.717) is 5.54 Å². The molecule has 2 aromatic rings. The Labute approximate surface area is 130 Å². The lowest BCUT2D eigenvalue weighted by Crippen LogP contribution is -2.58. The van der Waals surface area contributed by atoms with Crippen molar-refractivity contribution in [1.82, 2.24) is 5.32 Å². The van der Waals surface area contributed by atoms with Gasteiger partial charge in [-0.15, -0.1) is 11.3 Å². The lowest BCUT2D eigenvalue weighted by molar-refractivity contribution is -0.0205. The molecule has 6 rings (SSSR count). The van der Waals surface area contributed by atoms with Gasteiger partial charge in [-0.1, -0.05) is 6.07 Å². The van der Waals surface area contributed by atoms with Crippen molar-refractivity contribution in [3.63, 3.8) is 0 Å². The van der Waals surface area contributed by atoms with E-state index in [0.717, 1.165) is 24.3 Å². The fraction of sp³-hybridized carbons (Fsp3) is 0.579. The fourth-order valence-corrected chi connectivity index (χ4v) is 6.51. The summed E-state index contributed by atoms with van der Waals surface area (Å²) in [5, 5.41) is 7.61. The SMILES string of the molecule is c1cc2cc(CNC34CC5CC(CC(C5)C3)C4)ccc2s1. The summed E-state index contributed by atoms with van der Waals surface area (Å²) < 4.78 is 1.41. The quantitative estimate of drug-likeness (QED) is 0.844. The number of thiophene rings is 1. The van der Waals surface area contributed by atoms with E-state index in [2.05, 4.69) is 35.0 Å². The van der Waals surface area contributed by atoms with Crippen LogP contribution in [-0.2, 0) is 6.54 Å². The average molecular weight is 297 g/mol. The standard InChI is InChI=1S/C19H23NS/c1-2-18-17(3-4-21-18)8-13(1)12-20-19-9-14-5-15(10-19)7-16(6-14)11-19/h1-4,8,14-16,20H,5-7,9-12H2. The monoisotopic (exact) mass is 297 g/mol. The van der Waals surface area contributed by atoms with Crippen molar-refractivity contribution >= 4 is 21.4 Å². The van der Waals surface area contributed by atoms with Crippen molar-refractivity contribution in [3.8, 4) is 0 Å². The van der Waals surface area contributed by atoms with Gasteiger partial charge in [-0.05, 0) is 90.8 Å². The van der Waals surface area contributed by atoms with E-state index < -0.39 is 0 Å². The predicted molar refractivity (Wildman–Crippen MR) is 89.6 cm³/mol. The van der Waals surface area contributed by atoms with Crippen LogP contribution in [0.25, 0.3) is 10.1 Å². The zero-order valence-corrected chi connectivity index (χ0v) is 13.3. The van der Waals surface area contributed by atoms with Crippen LogP contribution in [0, 0.1) is 17.8 Å². The normalized spacial score (nSPS) is 37.4. The smallest absolute Gasteiger partial charge is 0.0342 e. The minimum Gasteiger partial charge on any atom is -0.307 e. The third-order valence-electron chi connectivity index (χ3n) is 6.22. The van der Waals surface area contributed by atoms with Crippen LogP contribution < -0.4 is 5.32 Å². The highest BCUT2D eigenvalue weighted by atomic mass is 32.1. The highest BCUT2D eigenvalue weighted by Gasteiger charge is 2.50. The first-order valence-corrected chi connectivity index (χ1v) is 9.37. The molecule has 0 radical (unpaired) electrons. The maximum atomic E-state index is 4.00. The molecule has 1 nitrogen and oxygen atoms in total. The summed E-state index contributed by atoms with van der Waals surface area (Å²) in [7, 11) is 0. The summed E-state index contributed by atoms with van der Waals surface area (Å²) in [6.07, 6.45) is 8.92. The fourth-order valence-electron chi connectivity index (χ4n) is 5.74. The van der Waals surface area contributed by atoms with Crippen LogP contribution in [0.5, 0.6) is 0 Å². The van der Waals surface area contributed by atoms with Gasteiger partial charge in [0, 0.05) is 16.8 Å². The van der Waals surface area contributed by atoms with Gasteiger partial charge in [0.15, 0.2) is 0 Å². The number of rotatable bonds is 3. The van der Waals surface area contributed by atoms with Crippen molar-refractivity contribution in [1.29, 1.82) is 0 Å². The second-order valence-corrected chi connectivity index (χ2v) is 8.79. The Morgan fingerprint density at radius 1 is 1.00 bits per heavy atom. The molecule has 4 aliphatic rings. The summed E-state index contributed by atoms with van der Waals surface area (Å²) in [5.74, 6) is 3.09. The molecule has 1 aromatic heterocycles. The van der Waals surface area contributed by atoms with E-state index >= 15 is 0 Å². The van der Waals surface area contributed by atoms with E-state index in [1.54, 1.807) is 0 Å². The van der Waals surface area contributed by atoms with Crippen LogP contribution in [0.3, 0.4) is 0 Å². The summed E-state index contributed by atoms with van der Waals surface area (Å²) in [5.41, 5.74) is 1.94. The first-order valence-electron chi connectivity index (χ1n) is 8.49. The summed E-state index contributed by atoms with van der Waals surface area (Å²) >= 11 is 1.84. The Balaban J connectivity index is 1.35. The second-order valence-electron chi connectivity index (χ2n) is 7.84. The Kier molecular flexibility index (Phi) is 2.75. The molecule has 4 saturated carbocycles. The lowest BCUT2D eigenvalue weighted by atomic mass is 9.53. The molecule has 4 fully saturated rings. The van der Waals surface area contributed by atoms with Gasteiger partial charge in [0.25, 0.3) is 0 Å². The van der Waals surface area contributed by atoms with E-state index in [4.69, 9.17) is 0 Å². The first-order chi connectivity index (χ1) is 10.3. The van der Waals surface area contributed by atoms with Crippen molar-refractivity contribution in [2.24, 2.45) is 17.8 Å². The van der Waals surface area contributed by atoms with Crippen LogP contribution in [0.4, 0.5) is 0 Å². The number of benzene rings is 1. The molecule has 0 atom stereocenters. The van der Waals surface area contributed by atoms with Gasteiger partial charge < -0.3 is 5.32 Å². The molecule has 0 amide bonds. The topological polar surface area (TPSA) is 12.0 Å². The van der Waals surface area contributed by atoms with Crippen molar-refractivity contribution < 1.29 is 0 Å². The Morgan fingerprint density at radius 2 is 1.71 bits per heavy atom. The molecule has 0 spiro atoms. The Hall–Kier alpha value is -0.860. The van der Waals surface area contributed by atoms with Gasteiger partial charge in [0.1, 0.15) is 0 Å². The molecule has 21 heavy (non-hydrogen) atoms. The van der Waals surface area contributed by atoms with Gasteiger partial charge >= 0.3 is 0 Å². The van der Waals surface area contributed by atoms with Crippen LogP contribution in [0.2, 0.25) is 0 Å². The predicted octanol–water partition coefficient (Wildman–Crippen LogP) is 4.96. The molecule has 1 N–H and O–H groups in total. The summed E-state index contributed by atoms with van der Waals surface area (Å²) in [6.45, 7) is 1.05. The third-order valence-corrected chi connectivity index (χ3v) is 7.12.